The van der Waals surface area contributed by atoms with Crippen molar-refractivity contribution in [2.45, 2.75) is 13.0 Å². The van der Waals surface area contributed by atoms with Gasteiger partial charge in [-0.1, -0.05) is 0 Å². The molecule has 0 radical (unpaired) electrons. The number of aromatic amines is 2. The maximum atomic E-state index is 12.4. The standard InChI is InChI=1S/C18H14N4O3S/c23-15(20-9-10-3-5-19-6-4-10)11-1-2-14-12(7-11)8-13-16(24)21-18(26)22-17(13)25-14/h1-7H,8-9H2,(H,20,23)(H2,21,22,24,26). The molecule has 2 aromatic heterocycles. The summed E-state index contributed by atoms with van der Waals surface area (Å²) < 4.78 is 5.93. The number of pyridine rings is 1. The van der Waals surface area contributed by atoms with E-state index in [9.17, 15) is 9.59 Å². The number of aromatic nitrogens is 3. The zero-order valence-corrected chi connectivity index (χ0v) is 14.4. The summed E-state index contributed by atoms with van der Waals surface area (Å²) in [6.45, 7) is 0.411. The zero-order chi connectivity index (χ0) is 18.1. The van der Waals surface area contributed by atoms with Gasteiger partial charge in [0.15, 0.2) is 4.77 Å². The molecule has 0 aliphatic carbocycles. The second kappa shape index (κ2) is 6.57. The number of hydrogen-bond acceptors (Lipinski definition) is 5. The molecule has 3 heterocycles. The predicted molar refractivity (Wildman–Crippen MR) is 97.0 cm³/mol. The van der Waals surface area contributed by atoms with Crippen LogP contribution in [0.25, 0.3) is 0 Å². The summed E-state index contributed by atoms with van der Waals surface area (Å²) in [5, 5.41) is 2.86. The lowest BCUT2D eigenvalue weighted by molar-refractivity contribution is 0.0951. The smallest absolute Gasteiger partial charge is 0.259 e. The van der Waals surface area contributed by atoms with Crippen LogP contribution in [0.4, 0.5) is 0 Å². The Kier molecular flexibility index (Phi) is 4.10. The van der Waals surface area contributed by atoms with Crippen LogP contribution in [0.2, 0.25) is 0 Å². The van der Waals surface area contributed by atoms with Crippen LogP contribution in [0.15, 0.2) is 47.5 Å². The maximum Gasteiger partial charge on any atom is 0.259 e. The molecule has 1 amide bonds. The molecule has 3 N–H and O–H groups in total. The van der Waals surface area contributed by atoms with Gasteiger partial charge in [-0.15, -0.1) is 0 Å². The number of nitrogens with zero attached hydrogens (tertiary/aromatic N) is 1. The van der Waals surface area contributed by atoms with Crippen LogP contribution < -0.4 is 15.6 Å². The van der Waals surface area contributed by atoms with Crippen molar-refractivity contribution in [2.75, 3.05) is 0 Å². The highest BCUT2D eigenvalue weighted by Gasteiger charge is 2.21. The number of amides is 1. The van der Waals surface area contributed by atoms with Gasteiger partial charge in [-0.25, -0.2) is 0 Å². The van der Waals surface area contributed by atoms with E-state index in [0.29, 0.717) is 35.7 Å². The average molecular weight is 366 g/mol. The predicted octanol–water partition coefficient (Wildman–Crippen LogP) is 2.45. The molecule has 8 heteroatoms. The van der Waals surface area contributed by atoms with Crippen molar-refractivity contribution in [1.82, 2.24) is 20.3 Å². The number of fused-ring (bicyclic) bond motifs is 2. The lowest BCUT2D eigenvalue weighted by Crippen LogP contribution is -2.23. The van der Waals surface area contributed by atoms with Gasteiger partial charge >= 0.3 is 0 Å². The summed E-state index contributed by atoms with van der Waals surface area (Å²) in [6.07, 6.45) is 3.72. The van der Waals surface area contributed by atoms with Gasteiger partial charge in [0.05, 0.1) is 5.56 Å². The number of H-pyrrole nitrogens is 2. The Hall–Kier alpha value is -3.26. The van der Waals surface area contributed by atoms with Crippen LogP contribution in [0, 0.1) is 4.77 Å². The summed E-state index contributed by atoms with van der Waals surface area (Å²) in [5.41, 5.74) is 2.41. The van der Waals surface area contributed by atoms with Crippen LogP contribution in [-0.4, -0.2) is 20.9 Å². The van der Waals surface area contributed by atoms with Gasteiger partial charge in [0, 0.05) is 36.5 Å². The third kappa shape index (κ3) is 3.14. The van der Waals surface area contributed by atoms with Gasteiger partial charge in [-0.3, -0.25) is 19.6 Å². The monoisotopic (exact) mass is 366 g/mol. The van der Waals surface area contributed by atoms with Crippen molar-refractivity contribution in [1.29, 1.82) is 0 Å². The molecule has 1 aliphatic heterocycles. The topological polar surface area (TPSA) is 99.9 Å². The van der Waals surface area contributed by atoms with Gasteiger partial charge < -0.3 is 15.0 Å². The lowest BCUT2D eigenvalue weighted by atomic mass is 10.0. The Labute approximate surface area is 153 Å². The van der Waals surface area contributed by atoms with E-state index < -0.39 is 0 Å². The normalized spacial score (nSPS) is 11.8. The fraction of sp³-hybridized carbons (Fsp3) is 0.111. The molecule has 3 aromatic rings. The van der Waals surface area contributed by atoms with E-state index in [1.165, 1.54) is 0 Å². The first-order valence-electron chi connectivity index (χ1n) is 7.93. The highest BCUT2D eigenvalue weighted by molar-refractivity contribution is 7.71. The Morgan fingerprint density at radius 3 is 2.85 bits per heavy atom. The molecular weight excluding hydrogens is 352 g/mol. The van der Waals surface area contributed by atoms with Crippen LogP contribution in [0.5, 0.6) is 11.6 Å². The first-order chi connectivity index (χ1) is 12.6. The first-order valence-corrected chi connectivity index (χ1v) is 8.34. The molecule has 1 aliphatic rings. The van der Waals surface area contributed by atoms with E-state index in [1.807, 2.05) is 12.1 Å². The summed E-state index contributed by atoms with van der Waals surface area (Å²) >= 11 is 4.96. The number of ether oxygens (including phenoxy) is 1. The number of nitrogens with one attached hydrogen (secondary N) is 3. The van der Waals surface area contributed by atoms with Crippen molar-refractivity contribution in [3.8, 4) is 11.6 Å². The van der Waals surface area contributed by atoms with E-state index >= 15 is 0 Å². The molecule has 0 fully saturated rings. The summed E-state index contributed by atoms with van der Waals surface area (Å²) in [5.74, 6) is 0.748. The minimum absolute atomic E-state index is 0.197. The molecule has 0 unspecified atom stereocenters. The largest absolute Gasteiger partial charge is 0.440 e. The molecule has 0 saturated carbocycles. The van der Waals surface area contributed by atoms with Gasteiger partial charge in [0.1, 0.15) is 5.75 Å². The molecule has 130 valence electrons. The summed E-state index contributed by atoms with van der Waals surface area (Å²) in [4.78, 5) is 33.8. The SMILES string of the molecule is O=C(NCc1ccncc1)c1ccc2c(c1)Cc1c([nH]c(=S)[nH]c1=O)O2. The van der Waals surface area contributed by atoms with E-state index in [4.69, 9.17) is 17.0 Å². The van der Waals surface area contributed by atoms with Crippen molar-refractivity contribution in [2.24, 2.45) is 0 Å². The second-order valence-corrected chi connectivity index (χ2v) is 6.26. The van der Waals surface area contributed by atoms with E-state index in [-0.39, 0.29) is 16.2 Å². The van der Waals surface area contributed by atoms with Crippen molar-refractivity contribution in [3.63, 3.8) is 0 Å². The number of carbonyl (C=O) groups excluding carboxylic acids is 1. The summed E-state index contributed by atoms with van der Waals surface area (Å²) in [7, 11) is 0. The van der Waals surface area contributed by atoms with E-state index in [0.717, 1.165) is 11.1 Å². The first kappa shape index (κ1) is 16.2. The van der Waals surface area contributed by atoms with Crippen molar-refractivity contribution >= 4 is 18.1 Å². The molecule has 7 nitrogen and oxygen atoms in total. The molecule has 0 bridgehead atoms. The number of carbonyl (C=O) groups is 1. The Bertz CT molecular complexity index is 1110. The Balaban J connectivity index is 1.56. The van der Waals surface area contributed by atoms with E-state index in [2.05, 4.69) is 20.3 Å². The molecule has 0 saturated heterocycles. The zero-order valence-electron chi connectivity index (χ0n) is 13.5. The van der Waals surface area contributed by atoms with Crippen LogP contribution in [0.3, 0.4) is 0 Å². The second-order valence-electron chi connectivity index (χ2n) is 5.86. The summed E-state index contributed by atoms with van der Waals surface area (Å²) in [6, 6.07) is 8.83. The van der Waals surface area contributed by atoms with Gasteiger partial charge in [0.25, 0.3) is 11.5 Å². The number of hydrogen-bond donors (Lipinski definition) is 3. The molecule has 0 spiro atoms. The number of benzene rings is 1. The van der Waals surface area contributed by atoms with E-state index in [1.54, 1.807) is 30.6 Å². The van der Waals surface area contributed by atoms with Gasteiger partial charge in [0.2, 0.25) is 5.88 Å². The molecule has 0 atom stereocenters. The third-order valence-corrected chi connectivity index (χ3v) is 4.31. The third-order valence-electron chi connectivity index (χ3n) is 4.11. The molecule has 1 aromatic carbocycles. The molecular formula is C18H14N4O3S. The van der Waals surface area contributed by atoms with Crippen molar-refractivity contribution < 1.29 is 9.53 Å². The highest BCUT2D eigenvalue weighted by Crippen LogP contribution is 2.33. The Morgan fingerprint density at radius 2 is 2.04 bits per heavy atom. The fourth-order valence-electron chi connectivity index (χ4n) is 2.78. The fourth-order valence-corrected chi connectivity index (χ4v) is 2.97. The van der Waals surface area contributed by atoms with Gasteiger partial charge in [-0.05, 0) is 48.1 Å². The van der Waals surface area contributed by atoms with Gasteiger partial charge in [-0.2, -0.15) is 0 Å². The molecule has 4 rings (SSSR count). The van der Waals surface area contributed by atoms with Crippen molar-refractivity contribution in [3.05, 3.63) is 80.1 Å². The lowest BCUT2D eigenvalue weighted by Gasteiger charge is -2.19. The Morgan fingerprint density at radius 1 is 1.23 bits per heavy atom. The van der Waals surface area contributed by atoms with Crippen LogP contribution in [-0.2, 0) is 13.0 Å². The minimum Gasteiger partial charge on any atom is -0.440 e. The average Bonchev–Trinajstić information content (AvgIpc) is 2.65. The maximum absolute atomic E-state index is 12.4. The highest BCUT2D eigenvalue weighted by atomic mass is 32.1. The minimum atomic E-state index is -0.290. The molecule has 26 heavy (non-hydrogen) atoms. The quantitative estimate of drug-likeness (QED) is 0.484. The number of rotatable bonds is 3. The van der Waals surface area contributed by atoms with Crippen LogP contribution in [0.1, 0.15) is 27.0 Å². The van der Waals surface area contributed by atoms with Crippen LogP contribution >= 0.6 is 12.2 Å².